The van der Waals surface area contributed by atoms with Gasteiger partial charge in [0.25, 0.3) is 0 Å². The molecule has 1 aromatic rings. The van der Waals surface area contributed by atoms with Gasteiger partial charge in [0, 0.05) is 25.2 Å². The van der Waals surface area contributed by atoms with E-state index in [1.807, 2.05) is 24.3 Å². The van der Waals surface area contributed by atoms with Crippen molar-refractivity contribution in [3.05, 3.63) is 29.3 Å². The van der Waals surface area contributed by atoms with E-state index >= 15 is 0 Å². The first-order valence-electron chi connectivity index (χ1n) is 8.01. The summed E-state index contributed by atoms with van der Waals surface area (Å²) in [7, 11) is 0. The average molecular weight is 311 g/mol. The third-order valence-electron chi connectivity index (χ3n) is 4.07. The zero-order valence-electron chi connectivity index (χ0n) is 13.1. The van der Waals surface area contributed by atoms with E-state index in [2.05, 4.69) is 24.1 Å². The van der Waals surface area contributed by atoms with Crippen molar-refractivity contribution < 1.29 is 4.74 Å². The van der Waals surface area contributed by atoms with E-state index in [4.69, 9.17) is 16.3 Å². The molecule has 1 heterocycles. The Bertz CT molecular complexity index is 419. The molecule has 21 heavy (non-hydrogen) atoms. The quantitative estimate of drug-likeness (QED) is 0.833. The number of halogens is 1. The Balaban J connectivity index is 1.78. The van der Waals surface area contributed by atoms with Crippen LogP contribution in [0.3, 0.4) is 0 Å². The molecule has 1 aromatic carbocycles. The number of benzene rings is 1. The predicted molar refractivity (Wildman–Crippen MR) is 89.3 cm³/mol. The highest BCUT2D eigenvalue weighted by atomic mass is 35.5. The maximum atomic E-state index is 6.11. The van der Waals surface area contributed by atoms with Crippen LogP contribution in [0.5, 0.6) is 5.75 Å². The molecule has 1 aliphatic heterocycles. The monoisotopic (exact) mass is 310 g/mol. The lowest BCUT2D eigenvalue weighted by atomic mass is 10.0. The SMILES string of the molecule is CC(C)N(CCOc1ccccc1Cl)CC1CCCCN1. The van der Waals surface area contributed by atoms with Crippen LogP contribution in [0, 0.1) is 0 Å². The summed E-state index contributed by atoms with van der Waals surface area (Å²) < 4.78 is 5.81. The maximum absolute atomic E-state index is 6.11. The van der Waals surface area contributed by atoms with Gasteiger partial charge >= 0.3 is 0 Å². The van der Waals surface area contributed by atoms with E-state index in [0.717, 1.165) is 25.4 Å². The molecule has 1 N–H and O–H groups in total. The van der Waals surface area contributed by atoms with Gasteiger partial charge in [-0.2, -0.15) is 0 Å². The summed E-state index contributed by atoms with van der Waals surface area (Å²) in [6, 6.07) is 8.82. The van der Waals surface area contributed by atoms with Crippen molar-refractivity contribution in [3.8, 4) is 5.75 Å². The topological polar surface area (TPSA) is 24.5 Å². The predicted octanol–water partition coefficient (Wildman–Crippen LogP) is 3.57. The van der Waals surface area contributed by atoms with Crippen LogP contribution in [0.2, 0.25) is 5.02 Å². The highest BCUT2D eigenvalue weighted by molar-refractivity contribution is 6.32. The zero-order chi connectivity index (χ0) is 15.1. The van der Waals surface area contributed by atoms with Crippen LogP contribution in [-0.2, 0) is 0 Å². The Morgan fingerprint density at radius 3 is 2.81 bits per heavy atom. The van der Waals surface area contributed by atoms with Crippen LogP contribution in [0.1, 0.15) is 33.1 Å². The number of rotatable bonds is 7. The van der Waals surface area contributed by atoms with Crippen molar-refractivity contribution in [1.29, 1.82) is 0 Å². The van der Waals surface area contributed by atoms with Crippen molar-refractivity contribution >= 4 is 11.6 Å². The number of hydrogen-bond donors (Lipinski definition) is 1. The van der Waals surface area contributed by atoms with Gasteiger partial charge in [-0.25, -0.2) is 0 Å². The molecule has 3 nitrogen and oxygen atoms in total. The second-order valence-electron chi connectivity index (χ2n) is 6.01. The Morgan fingerprint density at radius 2 is 2.14 bits per heavy atom. The summed E-state index contributed by atoms with van der Waals surface area (Å²) >= 11 is 6.11. The lowest BCUT2D eigenvalue weighted by molar-refractivity contribution is 0.153. The zero-order valence-corrected chi connectivity index (χ0v) is 13.9. The minimum absolute atomic E-state index is 0.531. The van der Waals surface area contributed by atoms with Crippen molar-refractivity contribution in [3.63, 3.8) is 0 Å². The van der Waals surface area contributed by atoms with Crippen LogP contribution in [0.25, 0.3) is 0 Å². The molecule has 0 aliphatic carbocycles. The van der Waals surface area contributed by atoms with E-state index in [0.29, 0.717) is 23.7 Å². The standard InChI is InChI=1S/C17H27ClN2O/c1-14(2)20(13-15-7-5-6-10-19-15)11-12-21-17-9-4-3-8-16(17)18/h3-4,8-9,14-15,19H,5-7,10-13H2,1-2H3. The van der Waals surface area contributed by atoms with Crippen molar-refractivity contribution in [1.82, 2.24) is 10.2 Å². The maximum Gasteiger partial charge on any atom is 0.137 e. The average Bonchev–Trinajstić information content (AvgIpc) is 2.49. The lowest BCUT2D eigenvalue weighted by Gasteiger charge is -2.33. The number of ether oxygens (including phenoxy) is 1. The van der Waals surface area contributed by atoms with Crippen LogP contribution < -0.4 is 10.1 Å². The first kappa shape index (κ1) is 16.6. The minimum Gasteiger partial charge on any atom is -0.491 e. The summed E-state index contributed by atoms with van der Waals surface area (Å²) in [6.07, 6.45) is 3.95. The fourth-order valence-corrected chi connectivity index (χ4v) is 2.95. The Labute approximate surface area is 133 Å². The fraction of sp³-hybridized carbons (Fsp3) is 0.647. The molecular weight excluding hydrogens is 284 g/mol. The van der Waals surface area contributed by atoms with Gasteiger partial charge in [0.2, 0.25) is 0 Å². The molecule has 1 unspecified atom stereocenters. The van der Waals surface area contributed by atoms with Gasteiger partial charge in [-0.05, 0) is 45.4 Å². The largest absolute Gasteiger partial charge is 0.491 e. The van der Waals surface area contributed by atoms with Crippen LogP contribution >= 0.6 is 11.6 Å². The molecule has 0 saturated carbocycles. The summed E-state index contributed by atoms with van der Waals surface area (Å²) in [6.45, 7) is 8.36. The second kappa shape index (κ2) is 8.62. The highest BCUT2D eigenvalue weighted by Gasteiger charge is 2.18. The van der Waals surface area contributed by atoms with Crippen LogP contribution in [0.4, 0.5) is 0 Å². The molecule has 0 radical (unpaired) electrons. The lowest BCUT2D eigenvalue weighted by Crippen LogP contribution is -2.47. The van der Waals surface area contributed by atoms with Gasteiger partial charge in [-0.1, -0.05) is 30.2 Å². The Kier molecular flexibility index (Phi) is 6.81. The van der Waals surface area contributed by atoms with E-state index < -0.39 is 0 Å². The number of hydrogen-bond acceptors (Lipinski definition) is 3. The van der Waals surface area contributed by atoms with E-state index in [1.165, 1.54) is 19.3 Å². The van der Waals surface area contributed by atoms with Crippen molar-refractivity contribution in [2.75, 3.05) is 26.2 Å². The molecule has 2 rings (SSSR count). The molecule has 0 bridgehead atoms. The number of piperidine rings is 1. The van der Waals surface area contributed by atoms with Gasteiger partial charge in [-0.3, -0.25) is 4.90 Å². The van der Waals surface area contributed by atoms with Crippen molar-refractivity contribution in [2.45, 2.75) is 45.2 Å². The van der Waals surface area contributed by atoms with E-state index in [1.54, 1.807) is 0 Å². The summed E-state index contributed by atoms with van der Waals surface area (Å²) in [5.41, 5.74) is 0. The number of nitrogens with one attached hydrogen (secondary N) is 1. The second-order valence-corrected chi connectivity index (χ2v) is 6.42. The molecular formula is C17H27ClN2O. The minimum atomic E-state index is 0.531. The van der Waals surface area contributed by atoms with E-state index in [-0.39, 0.29) is 0 Å². The highest BCUT2D eigenvalue weighted by Crippen LogP contribution is 2.23. The molecule has 0 amide bonds. The molecule has 0 aromatic heterocycles. The molecule has 118 valence electrons. The number of para-hydroxylation sites is 1. The molecule has 1 fully saturated rings. The first-order chi connectivity index (χ1) is 10.2. The van der Waals surface area contributed by atoms with Crippen LogP contribution in [0.15, 0.2) is 24.3 Å². The Hall–Kier alpha value is -0.770. The molecule has 4 heteroatoms. The fourth-order valence-electron chi connectivity index (χ4n) is 2.76. The smallest absolute Gasteiger partial charge is 0.137 e. The Morgan fingerprint density at radius 1 is 1.33 bits per heavy atom. The molecule has 1 atom stereocenters. The third-order valence-corrected chi connectivity index (χ3v) is 4.38. The van der Waals surface area contributed by atoms with Gasteiger partial charge < -0.3 is 10.1 Å². The summed E-state index contributed by atoms with van der Waals surface area (Å²) in [4.78, 5) is 2.49. The first-order valence-corrected chi connectivity index (χ1v) is 8.39. The normalized spacial score (nSPS) is 19.2. The van der Waals surface area contributed by atoms with Gasteiger partial charge in [0.05, 0.1) is 5.02 Å². The van der Waals surface area contributed by atoms with Gasteiger partial charge in [0.1, 0.15) is 12.4 Å². The summed E-state index contributed by atoms with van der Waals surface area (Å²) in [5.74, 6) is 0.777. The molecule has 1 aliphatic rings. The van der Waals surface area contributed by atoms with Gasteiger partial charge in [0.15, 0.2) is 0 Å². The van der Waals surface area contributed by atoms with E-state index in [9.17, 15) is 0 Å². The van der Waals surface area contributed by atoms with Crippen LogP contribution in [-0.4, -0.2) is 43.2 Å². The molecule has 0 spiro atoms. The third kappa shape index (κ3) is 5.50. The van der Waals surface area contributed by atoms with Crippen molar-refractivity contribution in [2.24, 2.45) is 0 Å². The summed E-state index contributed by atoms with van der Waals surface area (Å²) in [5, 5.41) is 4.30. The number of nitrogens with zero attached hydrogens (tertiary/aromatic N) is 1. The van der Waals surface area contributed by atoms with Gasteiger partial charge in [-0.15, -0.1) is 0 Å². The molecule has 1 saturated heterocycles.